The van der Waals surface area contributed by atoms with E-state index in [1.807, 2.05) is 0 Å². The second-order valence-corrected chi connectivity index (χ2v) is 4.59. The van der Waals surface area contributed by atoms with E-state index in [-0.39, 0.29) is 0 Å². The Labute approximate surface area is 115 Å². The average molecular weight is 267 g/mol. The van der Waals surface area contributed by atoms with Crippen LogP contribution in [0.5, 0.6) is 5.75 Å². The summed E-state index contributed by atoms with van der Waals surface area (Å²) in [5.74, 6) is 0.966. The van der Waals surface area contributed by atoms with Crippen molar-refractivity contribution in [3.63, 3.8) is 0 Å². The molecular formula is C15H25NO3. The quantitative estimate of drug-likeness (QED) is 0.695. The SMILES string of the molecule is Cc1cc(C)c(OCCOCCOCCN)c(C)c1. The molecule has 0 aromatic heterocycles. The van der Waals surface area contributed by atoms with Crippen LogP contribution >= 0.6 is 0 Å². The van der Waals surface area contributed by atoms with Gasteiger partial charge < -0.3 is 19.9 Å². The van der Waals surface area contributed by atoms with Gasteiger partial charge in [0.15, 0.2) is 0 Å². The van der Waals surface area contributed by atoms with Crippen molar-refractivity contribution in [1.29, 1.82) is 0 Å². The van der Waals surface area contributed by atoms with Gasteiger partial charge in [-0.1, -0.05) is 17.7 Å². The van der Waals surface area contributed by atoms with Gasteiger partial charge in [0.2, 0.25) is 0 Å². The molecule has 2 N–H and O–H groups in total. The summed E-state index contributed by atoms with van der Waals surface area (Å²) in [5.41, 5.74) is 8.91. The highest BCUT2D eigenvalue weighted by Gasteiger charge is 2.04. The van der Waals surface area contributed by atoms with Crippen molar-refractivity contribution in [2.45, 2.75) is 20.8 Å². The maximum absolute atomic E-state index is 5.76. The number of ether oxygens (including phenoxy) is 3. The largest absolute Gasteiger partial charge is 0.491 e. The highest BCUT2D eigenvalue weighted by atomic mass is 16.5. The van der Waals surface area contributed by atoms with Gasteiger partial charge in [0.05, 0.1) is 26.4 Å². The molecule has 0 unspecified atom stereocenters. The second-order valence-electron chi connectivity index (χ2n) is 4.59. The van der Waals surface area contributed by atoms with Gasteiger partial charge in [-0.3, -0.25) is 0 Å². The predicted molar refractivity (Wildman–Crippen MR) is 76.8 cm³/mol. The van der Waals surface area contributed by atoms with Crippen LogP contribution in [0.25, 0.3) is 0 Å². The maximum Gasteiger partial charge on any atom is 0.125 e. The van der Waals surface area contributed by atoms with E-state index < -0.39 is 0 Å². The fourth-order valence-electron chi connectivity index (χ4n) is 2.00. The number of rotatable bonds is 9. The summed E-state index contributed by atoms with van der Waals surface area (Å²) in [6.45, 7) is 9.65. The maximum atomic E-state index is 5.76. The van der Waals surface area contributed by atoms with E-state index in [0.717, 1.165) is 5.75 Å². The minimum absolute atomic E-state index is 0.551. The number of aryl methyl sites for hydroxylation is 3. The first-order valence-electron chi connectivity index (χ1n) is 6.71. The number of nitrogens with two attached hydrogens (primary N) is 1. The summed E-state index contributed by atoms with van der Waals surface area (Å²) in [6, 6.07) is 4.26. The Balaban J connectivity index is 2.19. The van der Waals surface area contributed by atoms with Crippen LogP contribution in [0.3, 0.4) is 0 Å². The lowest BCUT2D eigenvalue weighted by Crippen LogP contribution is -2.14. The van der Waals surface area contributed by atoms with Crippen LogP contribution in [0.2, 0.25) is 0 Å². The lowest BCUT2D eigenvalue weighted by molar-refractivity contribution is 0.0386. The van der Waals surface area contributed by atoms with Gasteiger partial charge in [-0.25, -0.2) is 0 Å². The molecule has 4 heteroatoms. The molecule has 19 heavy (non-hydrogen) atoms. The van der Waals surface area contributed by atoms with Crippen LogP contribution in [0.15, 0.2) is 12.1 Å². The van der Waals surface area contributed by atoms with E-state index in [1.165, 1.54) is 16.7 Å². The molecule has 0 bridgehead atoms. The Morgan fingerprint density at radius 1 is 0.842 bits per heavy atom. The molecule has 0 aliphatic carbocycles. The number of hydrogen-bond donors (Lipinski definition) is 1. The number of benzene rings is 1. The molecule has 0 aliphatic rings. The smallest absolute Gasteiger partial charge is 0.125 e. The van der Waals surface area contributed by atoms with E-state index in [0.29, 0.717) is 39.6 Å². The Morgan fingerprint density at radius 3 is 1.95 bits per heavy atom. The first-order valence-corrected chi connectivity index (χ1v) is 6.71. The third kappa shape index (κ3) is 6.05. The summed E-state index contributed by atoms with van der Waals surface area (Å²) < 4.78 is 16.4. The highest BCUT2D eigenvalue weighted by molar-refractivity contribution is 5.42. The second kappa shape index (κ2) is 8.91. The summed E-state index contributed by atoms with van der Waals surface area (Å²) in [6.07, 6.45) is 0. The van der Waals surface area contributed by atoms with Crippen LogP contribution in [-0.2, 0) is 9.47 Å². The van der Waals surface area contributed by atoms with E-state index >= 15 is 0 Å². The molecule has 108 valence electrons. The average Bonchev–Trinajstić information content (AvgIpc) is 2.35. The van der Waals surface area contributed by atoms with Crippen molar-refractivity contribution >= 4 is 0 Å². The van der Waals surface area contributed by atoms with Crippen molar-refractivity contribution in [1.82, 2.24) is 0 Å². The third-order valence-corrected chi connectivity index (χ3v) is 2.71. The normalized spacial score (nSPS) is 10.7. The van der Waals surface area contributed by atoms with Gasteiger partial charge in [0.1, 0.15) is 12.4 Å². The predicted octanol–water partition coefficient (Wildman–Crippen LogP) is 1.98. The molecule has 0 aliphatic heterocycles. The first-order chi connectivity index (χ1) is 9.15. The Morgan fingerprint density at radius 2 is 1.37 bits per heavy atom. The van der Waals surface area contributed by atoms with Gasteiger partial charge in [-0.05, 0) is 31.9 Å². The highest BCUT2D eigenvalue weighted by Crippen LogP contribution is 2.24. The van der Waals surface area contributed by atoms with Crippen molar-refractivity contribution in [2.75, 3.05) is 39.6 Å². The Kier molecular flexibility index (Phi) is 7.48. The Hall–Kier alpha value is -1.10. The van der Waals surface area contributed by atoms with Crippen LogP contribution in [0.4, 0.5) is 0 Å². The van der Waals surface area contributed by atoms with Gasteiger partial charge >= 0.3 is 0 Å². The van der Waals surface area contributed by atoms with Gasteiger partial charge in [0, 0.05) is 6.54 Å². The molecule has 1 rings (SSSR count). The van der Waals surface area contributed by atoms with E-state index in [9.17, 15) is 0 Å². The van der Waals surface area contributed by atoms with Crippen molar-refractivity contribution in [3.8, 4) is 5.75 Å². The lowest BCUT2D eigenvalue weighted by atomic mass is 10.1. The van der Waals surface area contributed by atoms with Crippen LogP contribution < -0.4 is 10.5 Å². The van der Waals surface area contributed by atoms with Crippen LogP contribution in [0.1, 0.15) is 16.7 Å². The monoisotopic (exact) mass is 267 g/mol. The Bertz CT molecular complexity index is 357. The van der Waals surface area contributed by atoms with E-state index in [4.69, 9.17) is 19.9 Å². The van der Waals surface area contributed by atoms with Crippen molar-refractivity contribution in [3.05, 3.63) is 28.8 Å². The summed E-state index contributed by atoms with van der Waals surface area (Å²) in [5, 5.41) is 0. The fraction of sp³-hybridized carbons (Fsp3) is 0.600. The molecule has 0 spiro atoms. The van der Waals surface area contributed by atoms with Gasteiger partial charge in [-0.15, -0.1) is 0 Å². The molecule has 0 saturated heterocycles. The molecule has 0 atom stereocenters. The van der Waals surface area contributed by atoms with Gasteiger partial charge in [0.25, 0.3) is 0 Å². The zero-order valence-electron chi connectivity index (χ0n) is 12.2. The van der Waals surface area contributed by atoms with E-state index in [1.54, 1.807) is 0 Å². The van der Waals surface area contributed by atoms with E-state index in [2.05, 4.69) is 32.9 Å². The van der Waals surface area contributed by atoms with Crippen molar-refractivity contribution in [2.24, 2.45) is 5.73 Å². The minimum atomic E-state index is 0.551. The standard InChI is InChI=1S/C15H25NO3/c1-12-10-13(2)15(14(3)11-12)19-9-8-18-7-6-17-5-4-16/h10-11H,4-9,16H2,1-3H3. The lowest BCUT2D eigenvalue weighted by Gasteiger charge is -2.13. The summed E-state index contributed by atoms with van der Waals surface area (Å²) in [4.78, 5) is 0. The zero-order chi connectivity index (χ0) is 14.1. The minimum Gasteiger partial charge on any atom is -0.491 e. The molecule has 0 amide bonds. The molecule has 0 fully saturated rings. The molecule has 1 aromatic carbocycles. The third-order valence-electron chi connectivity index (χ3n) is 2.71. The molecule has 4 nitrogen and oxygen atoms in total. The number of hydrogen-bond acceptors (Lipinski definition) is 4. The molecule has 0 heterocycles. The molecule has 0 radical (unpaired) electrons. The van der Waals surface area contributed by atoms with Crippen LogP contribution in [0, 0.1) is 20.8 Å². The molecular weight excluding hydrogens is 242 g/mol. The fourth-order valence-corrected chi connectivity index (χ4v) is 2.00. The van der Waals surface area contributed by atoms with Crippen LogP contribution in [-0.4, -0.2) is 39.6 Å². The molecule has 1 aromatic rings. The zero-order valence-corrected chi connectivity index (χ0v) is 12.2. The van der Waals surface area contributed by atoms with Crippen molar-refractivity contribution < 1.29 is 14.2 Å². The first kappa shape index (κ1) is 16.0. The summed E-state index contributed by atoms with van der Waals surface area (Å²) >= 11 is 0. The van der Waals surface area contributed by atoms with Gasteiger partial charge in [-0.2, -0.15) is 0 Å². The molecule has 0 saturated carbocycles. The summed E-state index contributed by atoms with van der Waals surface area (Å²) in [7, 11) is 0. The topological polar surface area (TPSA) is 53.7 Å².